The van der Waals surface area contributed by atoms with Crippen LogP contribution in [-0.2, 0) is 17.8 Å². The number of hydrogen-bond acceptors (Lipinski definition) is 3. The summed E-state index contributed by atoms with van der Waals surface area (Å²) in [4.78, 5) is 20.5. The maximum atomic E-state index is 12.8. The van der Waals surface area contributed by atoms with Gasteiger partial charge in [0.25, 0.3) is 5.91 Å². The first-order valence-corrected chi connectivity index (χ1v) is 9.03. The van der Waals surface area contributed by atoms with Crippen LogP contribution in [-0.4, -0.2) is 34.2 Å². The van der Waals surface area contributed by atoms with E-state index in [1.165, 1.54) is 0 Å². The number of hydrogen-bond donors (Lipinski definition) is 2. The topological polar surface area (TPSA) is 71.9 Å². The molecule has 0 atom stereocenters. The monoisotopic (exact) mass is 382 g/mol. The van der Waals surface area contributed by atoms with Crippen molar-refractivity contribution < 1.29 is 9.53 Å². The first-order chi connectivity index (χ1) is 13.2. The van der Waals surface area contributed by atoms with E-state index in [0.29, 0.717) is 36.2 Å². The molecule has 2 aromatic carbocycles. The number of carbonyl (C=O) groups excluding carboxylic acids is 1. The number of rotatable bonds is 6. The molecule has 0 fully saturated rings. The number of halogens is 1. The predicted molar refractivity (Wildman–Crippen MR) is 106 cm³/mol. The third-order valence-corrected chi connectivity index (χ3v) is 4.70. The number of aromatic nitrogens is 3. The highest BCUT2D eigenvalue weighted by Gasteiger charge is 2.16. The zero-order valence-corrected chi connectivity index (χ0v) is 15.6. The number of aromatic amines is 1. The van der Waals surface area contributed by atoms with Gasteiger partial charge in [-0.1, -0.05) is 23.7 Å². The number of para-hydroxylation sites is 2. The largest absolute Gasteiger partial charge is 0.383 e. The predicted octanol–water partition coefficient (Wildman–Crippen LogP) is 3.75. The molecule has 0 bridgehead atoms. The van der Waals surface area contributed by atoms with Crippen molar-refractivity contribution in [3.8, 4) is 0 Å². The van der Waals surface area contributed by atoms with Gasteiger partial charge in [0.05, 0.1) is 24.2 Å². The molecule has 138 valence electrons. The Kier molecular flexibility index (Phi) is 4.83. The minimum atomic E-state index is -0.168. The van der Waals surface area contributed by atoms with Crippen LogP contribution < -0.4 is 5.32 Å². The number of H-pyrrole nitrogens is 1. The van der Waals surface area contributed by atoms with Crippen LogP contribution in [0.2, 0.25) is 5.02 Å². The lowest BCUT2D eigenvalue weighted by molar-refractivity contribution is 0.0938. The van der Waals surface area contributed by atoms with Crippen molar-refractivity contribution in [2.45, 2.75) is 13.1 Å². The number of carbonyl (C=O) groups is 1. The Morgan fingerprint density at radius 1 is 1.26 bits per heavy atom. The van der Waals surface area contributed by atoms with Crippen molar-refractivity contribution >= 4 is 39.4 Å². The van der Waals surface area contributed by atoms with E-state index in [1.54, 1.807) is 7.11 Å². The fraction of sp³-hybridized carbons (Fsp3) is 0.200. The highest BCUT2D eigenvalue weighted by molar-refractivity contribution is 6.31. The summed E-state index contributed by atoms with van der Waals surface area (Å²) in [5.74, 6) is 0.547. The summed E-state index contributed by atoms with van der Waals surface area (Å²) >= 11 is 6.10. The Labute approximate surface area is 161 Å². The fourth-order valence-corrected chi connectivity index (χ4v) is 3.38. The highest BCUT2D eigenvalue weighted by Crippen LogP contribution is 2.24. The van der Waals surface area contributed by atoms with Gasteiger partial charge in [0.15, 0.2) is 0 Å². The summed E-state index contributed by atoms with van der Waals surface area (Å²) < 4.78 is 7.14. The molecule has 6 nitrogen and oxygen atoms in total. The molecule has 1 amide bonds. The maximum Gasteiger partial charge on any atom is 0.268 e. The van der Waals surface area contributed by atoms with E-state index in [0.717, 1.165) is 21.9 Å². The van der Waals surface area contributed by atoms with Gasteiger partial charge in [0.1, 0.15) is 11.5 Å². The molecule has 7 heteroatoms. The second-order valence-corrected chi connectivity index (χ2v) is 6.70. The van der Waals surface area contributed by atoms with Gasteiger partial charge in [0.2, 0.25) is 0 Å². The number of nitrogens with zero attached hydrogens (tertiary/aromatic N) is 2. The molecule has 0 unspecified atom stereocenters. The molecular formula is C20H19ClN4O2. The van der Waals surface area contributed by atoms with Gasteiger partial charge in [-0.05, 0) is 36.4 Å². The molecule has 2 heterocycles. The van der Waals surface area contributed by atoms with Crippen molar-refractivity contribution in [2.75, 3.05) is 13.7 Å². The van der Waals surface area contributed by atoms with E-state index < -0.39 is 0 Å². The molecule has 4 rings (SSSR count). The van der Waals surface area contributed by atoms with E-state index in [4.69, 9.17) is 16.3 Å². The van der Waals surface area contributed by atoms with Gasteiger partial charge in [-0.15, -0.1) is 0 Å². The second-order valence-electron chi connectivity index (χ2n) is 6.26. The van der Waals surface area contributed by atoms with Crippen molar-refractivity contribution in [2.24, 2.45) is 0 Å². The quantitative estimate of drug-likeness (QED) is 0.533. The Bertz CT molecular complexity index is 1080. The van der Waals surface area contributed by atoms with E-state index >= 15 is 0 Å². The summed E-state index contributed by atoms with van der Waals surface area (Å²) in [7, 11) is 1.64. The number of imidazole rings is 1. The number of methoxy groups -OCH3 is 1. The normalized spacial score (nSPS) is 11.3. The molecule has 2 N–H and O–H groups in total. The lowest BCUT2D eigenvalue weighted by Crippen LogP contribution is -2.26. The van der Waals surface area contributed by atoms with Gasteiger partial charge in [0, 0.05) is 29.6 Å². The van der Waals surface area contributed by atoms with E-state index in [-0.39, 0.29) is 5.91 Å². The van der Waals surface area contributed by atoms with Crippen molar-refractivity contribution in [3.63, 3.8) is 0 Å². The van der Waals surface area contributed by atoms with Crippen LogP contribution in [0.15, 0.2) is 48.5 Å². The maximum absolute atomic E-state index is 12.8. The van der Waals surface area contributed by atoms with Crippen LogP contribution in [0.5, 0.6) is 0 Å². The number of amides is 1. The highest BCUT2D eigenvalue weighted by atomic mass is 35.5. The molecule has 27 heavy (non-hydrogen) atoms. The fourth-order valence-electron chi connectivity index (χ4n) is 3.20. The lowest BCUT2D eigenvalue weighted by atomic mass is 10.2. The Morgan fingerprint density at radius 2 is 2.11 bits per heavy atom. The summed E-state index contributed by atoms with van der Waals surface area (Å²) in [6, 6.07) is 15.2. The molecule has 0 aliphatic carbocycles. The first-order valence-electron chi connectivity index (χ1n) is 8.65. The molecular weight excluding hydrogens is 364 g/mol. The third kappa shape index (κ3) is 3.54. The second kappa shape index (κ2) is 7.42. The van der Waals surface area contributed by atoms with Crippen LogP contribution in [0.25, 0.3) is 21.9 Å². The van der Waals surface area contributed by atoms with Crippen LogP contribution >= 0.6 is 11.6 Å². The van der Waals surface area contributed by atoms with Gasteiger partial charge in [-0.2, -0.15) is 0 Å². The molecule has 0 saturated carbocycles. The number of ether oxygens (including phenoxy) is 1. The number of fused-ring (bicyclic) bond motifs is 2. The van der Waals surface area contributed by atoms with Crippen molar-refractivity contribution in [3.05, 3.63) is 65.1 Å². The van der Waals surface area contributed by atoms with E-state index in [9.17, 15) is 4.79 Å². The van der Waals surface area contributed by atoms with Crippen LogP contribution in [0.3, 0.4) is 0 Å². The molecule has 0 radical (unpaired) electrons. The molecule has 0 saturated heterocycles. The summed E-state index contributed by atoms with van der Waals surface area (Å²) in [5, 5.41) is 4.50. The van der Waals surface area contributed by atoms with Gasteiger partial charge in [-0.3, -0.25) is 4.79 Å². The van der Waals surface area contributed by atoms with Gasteiger partial charge in [-0.25, -0.2) is 4.98 Å². The minimum Gasteiger partial charge on any atom is -0.383 e. The van der Waals surface area contributed by atoms with Gasteiger partial charge < -0.3 is 19.6 Å². The third-order valence-electron chi connectivity index (χ3n) is 4.47. The average Bonchev–Trinajstić information content (AvgIpc) is 3.24. The zero-order chi connectivity index (χ0) is 18.8. The summed E-state index contributed by atoms with van der Waals surface area (Å²) in [6.07, 6.45) is 0. The Balaban J connectivity index is 1.59. The molecule has 4 aromatic rings. The van der Waals surface area contributed by atoms with Crippen LogP contribution in [0.4, 0.5) is 0 Å². The summed E-state index contributed by atoms with van der Waals surface area (Å²) in [5.41, 5.74) is 3.35. The smallest absolute Gasteiger partial charge is 0.268 e. The zero-order valence-electron chi connectivity index (χ0n) is 14.8. The van der Waals surface area contributed by atoms with Crippen LogP contribution in [0.1, 0.15) is 16.3 Å². The Hall–Kier alpha value is -2.83. The standard InChI is InChI=1S/C20H19ClN4O2/c1-27-9-8-25-17-7-6-14(21)10-13(17)11-18(25)20(26)22-12-19-23-15-4-2-3-5-16(15)24-19/h2-7,10-11H,8-9,12H2,1H3,(H,22,26)(H,23,24). The van der Waals surface area contributed by atoms with Crippen molar-refractivity contribution in [1.29, 1.82) is 0 Å². The Morgan fingerprint density at radius 3 is 2.93 bits per heavy atom. The molecule has 0 aliphatic heterocycles. The summed E-state index contributed by atoms with van der Waals surface area (Å²) in [6.45, 7) is 1.41. The molecule has 0 aliphatic rings. The number of nitrogens with one attached hydrogen (secondary N) is 2. The molecule has 0 spiro atoms. The first kappa shape index (κ1) is 17.6. The van der Waals surface area contributed by atoms with Crippen LogP contribution in [0, 0.1) is 0 Å². The number of benzene rings is 2. The molecule has 2 aromatic heterocycles. The van der Waals surface area contributed by atoms with Crippen molar-refractivity contribution in [1.82, 2.24) is 19.9 Å². The van der Waals surface area contributed by atoms with Gasteiger partial charge >= 0.3 is 0 Å². The average molecular weight is 383 g/mol. The van der Waals surface area contributed by atoms with E-state index in [2.05, 4.69) is 15.3 Å². The van der Waals surface area contributed by atoms with E-state index in [1.807, 2.05) is 53.1 Å². The SMILES string of the molecule is COCCn1c(C(=O)NCc2nc3ccccc3[nH]2)cc2cc(Cl)ccc21. The minimum absolute atomic E-state index is 0.168. The lowest BCUT2D eigenvalue weighted by Gasteiger charge is -2.10.